The smallest absolute Gasteiger partial charge is 0.407 e. The number of carboxylic acids is 1. The number of aromatic nitrogens is 1. The van der Waals surface area contributed by atoms with Gasteiger partial charge >= 0.3 is 12.1 Å². The summed E-state index contributed by atoms with van der Waals surface area (Å²) in [4.78, 5) is 40.9. The van der Waals surface area contributed by atoms with Crippen LogP contribution in [-0.4, -0.2) is 47.3 Å². The van der Waals surface area contributed by atoms with Crippen LogP contribution >= 0.6 is 11.3 Å². The normalized spacial score (nSPS) is 13.9. The Morgan fingerprint density at radius 2 is 1.74 bits per heavy atom. The summed E-state index contributed by atoms with van der Waals surface area (Å²) in [5.74, 6) is -1.71. The number of thiazole rings is 1. The van der Waals surface area contributed by atoms with E-state index in [1.807, 2.05) is 31.2 Å². The Kier molecular flexibility index (Phi) is 7.77. The van der Waals surface area contributed by atoms with Gasteiger partial charge in [0, 0.05) is 36.4 Å². The lowest BCUT2D eigenvalue weighted by molar-refractivity contribution is -0.141. The number of hydrogen-bond acceptors (Lipinski definition) is 6. The van der Waals surface area contributed by atoms with E-state index in [1.54, 1.807) is 11.7 Å². The minimum Gasteiger partial charge on any atom is -0.480 e. The Bertz CT molecular complexity index is 1150. The van der Waals surface area contributed by atoms with Crippen LogP contribution in [0.4, 0.5) is 4.79 Å². The maximum Gasteiger partial charge on any atom is 0.407 e. The van der Waals surface area contributed by atoms with E-state index in [0.717, 1.165) is 27.1 Å². The van der Waals surface area contributed by atoms with E-state index in [2.05, 4.69) is 39.9 Å². The van der Waals surface area contributed by atoms with Crippen molar-refractivity contribution in [3.63, 3.8) is 0 Å². The van der Waals surface area contributed by atoms with Crippen LogP contribution in [0.1, 0.15) is 35.3 Å². The van der Waals surface area contributed by atoms with E-state index in [4.69, 9.17) is 4.74 Å². The van der Waals surface area contributed by atoms with Crippen molar-refractivity contribution in [3.05, 3.63) is 76.2 Å². The second-order valence-corrected chi connectivity index (χ2v) is 9.62. The highest BCUT2D eigenvalue weighted by Gasteiger charge is 2.29. The van der Waals surface area contributed by atoms with Crippen molar-refractivity contribution in [1.29, 1.82) is 0 Å². The van der Waals surface area contributed by atoms with Crippen molar-refractivity contribution in [2.75, 3.05) is 13.2 Å². The standard InChI is InChI=1S/C26H27N3O5S/c1-16(10-24(30)29-23(25(31)32)11-17-13-27-15-35-17)12-28-26(33)34-14-22-20-8-4-2-6-18(20)19-7-3-5-9-21(19)22/h2-9,13,15-16,22-23H,10-12,14H2,1H3,(H,28,33)(H,29,30)(H,31,32). The van der Waals surface area contributed by atoms with Crippen LogP contribution < -0.4 is 10.6 Å². The van der Waals surface area contributed by atoms with Crippen molar-refractivity contribution in [1.82, 2.24) is 15.6 Å². The molecule has 2 amide bonds. The number of amides is 2. The number of carbonyl (C=O) groups is 3. The van der Waals surface area contributed by atoms with Crippen LogP contribution in [-0.2, 0) is 20.7 Å². The molecular formula is C26H27N3O5S. The number of rotatable bonds is 10. The van der Waals surface area contributed by atoms with E-state index in [1.165, 1.54) is 11.3 Å². The van der Waals surface area contributed by atoms with Crippen LogP contribution in [0.2, 0.25) is 0 Å². The molecule has 1 aliphatic rings. The first-order valence-electron chi connectivity index (χ1n) is 11.4. The van der Waals surface area contributed by atoms with E-state index >= 15 is 0 Å². The molecule has 0 aliphatic heterocycles. The second kappa shape index (κ2) is 11.1. The summed E-state index contributed by atoms with van der Waals surface area (Å²) in [6, 6.07) is 15.2. The lowest BCUT2D eigenvalue weighted by Gasteiger charge is -2.17. The van der Waals surface area contributed by atoms with Crippen molar-refractivity contribution in [3.8, 4) is 11.1 Å². The van der Waals surface area contributed by atoms with Gasteiger partial charge in [0.25, 0.3) is 0 Å². The molecule has 2 unspecified atom stereocenters. The first kappa shape index (κ1) is 24.4. The molecule has 1 aromatic heterocycles. The van der Waals surface area contributed by atoms with Crippen LogP contribution in [0.25, 0.3) is 11.1 Å². The number of fused-ring (bicyclic) bond motifs is 3. The summed E-state index contributed by atoms with van der Waals surface area (Å²) in [5.41, 5.74) is 6.21. The third-order valence-electron chi connectivity index (χ3n) is 5.99. The van der Waals surface area contributed by atoms with E-state index in [-0.39, 0.29) is 43.7 Å². The van der Waals surface area contributed by atoms with Gasteiger partial charge in [0.15, 0.2) is 0 Å². The summed E-state index contributed by atoms with van der Waals surface area (Å²) < 4.78 is 5.52. The van der Waals surface area contributed by atoms with Gasteiger partial charge in [-0.15, -0.1) is 11.3 Å². The molecule has 3 N–H and O–H groups in total. The van der Waals surface area contributed by atoms with E-state index in [9.17, 15) is 19.5 Å². The third kappa shape index (κ3) is 6.05. The van der Waals surface area contributed by atoms with Gasteiger partial charge in [0.2, 0.25) is 5.91 Å². The maximum absolute atomic E-state index is 12.3. The summed E-state index contributed by atoms with van der Waals surface area (Å²) in [5, 5.41) is 14.7. The first-order chi connectivity index (χ1) is 16.9. The average molecular weight is 494 g/mol. The van der Waals surface area contributed by atoms with Crippen molar-refractivity contribution >= 4 is 29.3 Å². The monoisotopic (exact) mass is 493 g/mol. The lowest BCUT2D eigenvalue weighted by Crippen LogP contribution is -2.43. The SMILES string of the molecule is CC(CNC(=O)OCC1c2ccccc2-c2ccccc21)CC(=O)NC(Cc1cncs1)C(=O)O. The van der Waals surface area contributed by atoms with Crippen LogP contribution in [0.5, 0.6) is 0 Å². The molecule has 0 bridgehead atoms. The number of alkyl carbamates (subject to hydrolysis) is 1. The zero-order valence-electron chi connectivity index (χ0n) is 19.3. The van der Waals surface area contributed by atoms with Gasteiger partial charge in [-0.2, -0.15) is 0 Å². The Hall–Kier alpha value is -3.72. The molecule has 0 spiro atoms. The second-order valence-electron chi connectivity index (χ2n) is 8.65. The molecular weight excluding hydrogens is 466 g/mol. The van der Waals surface area contributed by atoms with Gasteiger partial charge < -0.3 is 20.5 Å². The van der Waals surface area contributed by atoms with Crippen LogP contribution in [0, 0.1) is 5.92 Å². The minimum absolute atomic E-state index is 0.0251. The van der Waals surface area contributed by atoms with Gasteiger partial charge in [0.1, 0.15) is 12.6 Å². The van der Waals surface area contributed by atoms with Crippen molar-refractivity contribution in [2.45, 2.75) is 31.7 Å². The number of nitrogens with one attached hydrogen (secondary N) is 2. The average Bonchev–Trinajstić information content (AvgIpc) is 3.47. The fourth-order valence-electron chi connectivity index (χ4n) is 4.29. The zero-order chi connectivity index (χ0) is 24.8. The Morgan fingerprint density at radius 3 is 2.34 bits per heavy atom. The predicted molar refractivity (Wildman–Crippen MR) is 132 cm³/mol. The van der Waals surface area contributed by atoms with Gasteiger partial charge in [-0.3, -0.25) is 9.78 Å². The molecule has 3 aromatic rings. The molecule has 35 heavy (non-hydrogen) atoms. The number of hydrogen-bond donors (Lipinski definition) is 3. The molecule has 8 nitrogen and oxygen atoms in total. The highest BCUT2D eigenvalue weighted by Crippen LogP contribution is 2.44. The van der Waals surface area contributed by atoms with Gasteiger partial charge in [0.05, 0.1) is 5.51 Å². The lowest BCUT2D eigenvalue weighted by atomic mass is 9.98. The fraction of sp³-hybridized carbons (Fsp3) is 0.308. The molecule has 9 heteroatoms. The quantitative estimate of drug-likeness (QED) is 0.395. The molecule has 2 atom stereocenters. The number of carboxylic acid groups (broad SMARTS) is 1. The van der Waals surface area contributed by atoms with Crippen molar-refractivity contribution < 1.29 is 24.2 Å². The van der Waals surface area contributed by atoms with Gasteiger partial charge in [-0.25, -0.2) is 9.59 Å². The van der Waals surface area contributed by atoms with Crippen LogP contribution in [0.15, 0.2) is 60.2 Å². The number of ether oxygens (including phenoxy) is 1. The Balaban J connectivity index is 1.23. The minimum atomic E-state index is -1.10. The highest BCUT2D eigenvalue weighted by atomic mass is 32.1. The summed E-state index contributed by atoms with van der Waals surface area (Å²) in [7, 11) is 0. The molecule has 4 rings (SSSR count). The zero-order valence-corrected chi connectivity index (χ0v) is 20.1. The largest absolute Gasteiger partial charge is 0.480 e. The molecule has 0 radical (unpaired) electrons. The molecule has 1 aliphatic carbocycles. The van der Waals surface area contributed by atoms with Gasteiger partial charge in [-0.05, 0) is 28.2 Å². The molecule has 2 aromatic carbocycles. The van der Waals surface area contributed by atoms with E-state index in [0.29, 0.717) is 0 Å². The topological polar surface area (TPSA) is 118 Å². The highest BCUT2D eigenvalue weighted by molar-refractivity contribution is 7.09. The van der Waals surface area contributed by atoms with E-state index < -0.39 is 18.1 Å². The van der Waals surface area contributed by atoms with Gasteiger partial charge in [-0.1, -0.05) is 55.5 Å². The summed E-state index contributed by atoms with van der Waals surface area (Å²) in [6.45, 7) is 2.26. The predicted octanol–water partition coefficient (Wildman–Crippen LogP) is 3.82. The fourth-order valence-corrected chi connectivity index (χ4v) is 4.93. The van der Waals surface area contributed by atoms with Crippen LogP contribution in [0.3, 0.4) is 0 Å². The number of nitrogens with zero attached hydrogens (tertiary/aromatic N) is 1. The number of carbonyl (C=O) groups excluding carboxylic acids is 2. The Labute approximate surface area is 207 Å². The third-order valence-corrected chi connectivity index (χ3v) is 6.80. The molecule has 0 fully saturated rings. The first-order valence-corrected chi connectivity index (χ1v) is 12.3. The summed E-state index contributed by atoms with van der Waals surface area (Å²) in [6.07, 6.45) is 1.30. The maximum atomic E-state index is 12.3. The Morgan fingerprint density at radius 1 is 1.09 bits per heavy atom. The molecule has 0 saturated carbocycles. The summed E-state index contributed by atoms with van der Waals surface area (Å²) >= 11 is 1.34. The molecule has 1 heterocycles. The number of benzene rings is 2. The molecule has 182 valence electrons. The van der Waals surface area contributed by atoms with Crippen molar-refractivity contribution in [2.24, 2.45) is 5.92 Å². The number of aliphatic carboxylic acids is 1. The molecule has 0 saturated heterocycles.